The number of hydrogen-bond acceptors (Lipinski definition) is 2. The second kappa shape index (κ2) is 6.53. The summed E-state index contributed by atoms with van der Waals surface area (Å²) in [5.74, 6) is 0.585. The van der Waals surface area contributed by atoms with E-state index in [9.17, 15) is 0 Å². The zero-order valence-electron chi connectivity index (χ0n) is 12.1. The van der Waals surface area contributed by atoms with Crippen LogP contribution in [0, 0.1) is 12.8 Å². The van der Waals surface area contributed by atoms with Crippen molar-refractivity contribution in [2.24, 2.45) is 13.0 Å². The summed E-state index contributed by atoms with van der Waals surface area (Å²) in [6.45, 7) is 3.17. The van der Waals surface area contributed by atoms with Gasteiger partial charge in [0.05, 0.1) is 5.69 Å². The van der Waals surface area contributed by atoms with Gasteiger partial charge in [-0.25, -0.2) is 0 Å². The number of rotatable bonds is 6. The van der Waals surface area contributed by atoms with Crippen molar-refractivity contribution in [1.82, 2.24) is 15.1 Å². The third-order valence-corrected chi connectivity index (χ3v) is 3.37. The number of nitrogens with zero attached hydrogens (tertiary/aromatic N) is 2. The summed E-state index contributed by atoms with van der Waals surface area (Å²) in [5, 5.41) is 7.78. The molecule has 1 aromatic heterocycles. The number of nitrogens with one attached hydrogen (secondary N) is 1. The van der Waals surface area contributed by atoms with Crippen molar-refractivity contribution < 1.29 is 0 Å². The van der Waals surface area contributed by atoms with Crippen LogP contribution in [0.5, 0.6) is 0 Å². The highest BCUT2D eigenvalue weighted by Crippen LogP contribution is 2.14. The smallest absolute Gasteiger partial charge is 0.0627 e. The van der Waals surface area contributed by atoms with Crippen molar-refractivity contribution in [3.8, 4) is 0 Å². The zero-order chi connectivity index (χ0) is 13.7. The summed E-state index contributed by atoms with van der Waals surface area (Å²) in [4.78, 5) is 0. The molecule has 0 fully saturated rings. The van der Waals surface area contributed by atoms with E-state index in [2.05, 4.69) is 47.7 Å². The molecule has 2 aromatic rings. The van der Waals surface area contributed by atoms with Crippen LogP contribution in [0.1, 0.15) is 16.8 Å². The van der Waals surface area contributed by atoms with E-state index in [0.29, 0.717) is 5.92 Å². The van der Waals surface area contributed by atoms with Gasteiger partial charge in [-0.3, -0.25) is 4.68 Å². The number of hydrogen-bond donors (Lipinski definition) is 1. The minimum Gasteiger partial charge on any atom is -0.319 e. The highest BCUT2D eigenvalue weighted by molar-refractivity contribution is 5.22. The fourth-order valence-corrected chi connectivity index (χ4v) is 2.55. The van der Waals surface area contributed by atoms with E-state index in [-0.39, 0.29) is 0 Å². The number of aromatic nitrogens is 2. The highest BCUT2D eigenvalue weighted by Gasteiger charge is 2.11. The molecule has 0 amide bonds. The van der Waals surface area contributed by atoms with Gasteiger partial charge in [-0.05, 0) is 50.9 Å². The number of benzene rings is 1. The highest BCUT2D eigenvalue weighted by atomic mass is 15.2. The third-order valence-electron chi connectivity index (χ3n) is 3.37. The Hall–Kier alpha value is -1.61. The van der Waals surface area contributed by atoms with Gasteiger partial charge in [-0.1, -0.05) is 29.8 Å². The average molecular weight is 257 g/mol. The first-order valence-corrected chi connectivity index (χ1v) is 6.86. The minimum absolute atomic E-state index is 0.585. The molecule has 1 unspecified atom stereocenters. The Kier molecular flexibility index (Phi) is 4.74. The maximum Gasteiger partial charge on any atom is 0.0627 e. The second-order valence-electron chi connectivity index (χ2n) is 5.30. The molecule has 0 bridgehead atoms. The predicted molar refractivity (Wildman–Crippen MR) is 79.2 cm³/mol. The maximum atomic E-state index is 4.48. The summed E-state index contributed by atoms with van der Waals surface area (Å²) in [6, 6.07) is 10.9. The topological polar surface area (TPSA) is 29.9 Å². The van der Waals surface area contributed by atoms with Gasteiger partial charge in [0, 0.05) is 13.2 Å². The minimum atomic E-state index is 0.585. The molecule has 0 saturated heterocycles. The van der Waals surface area contributed by atoms with Gasteiger partial charge in [0.2, 0.25) is 0 Å². The monoisotopic (exact) mass is 257 g/mol. The lowest BCUT2D eigenvalue weighted by molar-refractivity contribution is 0.485. The van der Waals surface area contributed by atoms with Gasteiger partial charge < -0.3 is 5.32 Å². The molecule has 0 aliphatic carbocycles. The Morgan fingerprint density at radius 2 is 2.11 bits per heavy atom. The van der Waals surface area contributed by atoms with Crippen molar-refractivity contribution in [1.29, 1.82) is 0 Å². The molecule has 1 atom stereocenters. The van der Waals surface area contributed by atoms with Crippen LogP contribution in [0.25, 0.3) is 0 Å². The lowest BCUT2D eigenvalue weighted by atomic mass is 9.94. The van der Waals surface area contributed by atoms with Gasteiger partial charge in [0.15, 0.2) is 0 Å². The normalized spacial score (nSPS) is 12.6. The van der Waals surface area contributed by atoms with Crippen LogP contribution < -0.4 is 5.32 Å². The fourth-order valence-electron chi connectivity index (χ4n) is 2.55. The van der Waals surface area contributed by atoms with Crippen LogP contribution in [-0.4, -0.2) is 23.4 Å². The van der Waals surface area contributed by atoms with Crippen molar-refractivity contribution in [3.63, 3.8) is 0 Å². The molecule has 3 heteroatoms. The standard InChI is InChI=1S/C16H23N3/c1-13-5-4-6-14(9-13)10-15(12-17-2)11-16-7-8-19(3)18-16/h4-9,15,17H,10-12H2,1-3H3. The molecular weight excluding hydrogens is 234 g/mol. The molecule has 0 aliphatic heterocycles. The van der Waals surface area contributed by atoms with E-state index >= 15 is 0 Å². The van der Waals surface area contributed by atoms with Crippen LogP contribution >= 0.6 is 0 Å². The van der Waals surface area contributed by atoms with Crippen molar-refractivity contribution in [2.45, 2.75) is 19.8 Å². The zero-order valence-corrected chi connectivity index (χ0v) is 12.1. The van der Waals surface area contributed by atoms with Crippen LogP contribution in [0.15, 0.2) is 36.5 Å². The molecular formula is C16H23N3. The summed E-state index contributed by atoms with van der Waals surface area (Å²) in [7, 11) is 3.98. The van der Waals surface area contributed by atoms with E-state index in [4.69, 9.17) is 0 Å². The van der Waals surface area contributed by atoms with E-state index in [1.807, 2.05) is 25.0 Å². The van der Waals surface area contributed by atoms with Crippen LogP contribution in [0.4, 0.5) is 0 Å². The van der Waals surface area contributed by atoms with Crippen LogP contribution in [0.3, 0.4) is 0 Å². The molecule has 1 heterocycles. The van der Waals surface area contributed by atoms with Crippen molar-refractivity contribution >= 4 is 0 Å². The second-order valence-corrected chi connectivity index (χ2v) is 5.30. The lowest BCUT2D eigenvalue weighted by Crippen LogP contribution is -2.23. The summed E-state index contributed by atoms with van der Waals surface area (Å²) in [5.41, 5.74) is 3.92. The van der Waals surface area contributed by atoms with Gasteiger partial charge in [-0.2, -0.15) is 5.10 Å². The summed E-state index contributed by atoms with van der Waals surface area (Å²) in [6.07, 6.45) is 4.13. The summed E-state index contributed by atoms with van der Waals surface area (Å²) < 4.78 is 1.87. The molecule has 3 nitrogen and oxygen atoms in total. The molecule has 1 aromatic carbocycles. The van der Waals surface area contributed by atoms with Gasteiger partial charge >= 0.3 is 0 Å². The summed E-state index contributed by atoms with van der Waals surface area (Å²) >= 11 is 0. The molecule has 0 spiro atoms. The molecule has 0 saturated carbocycles. The molecule has 0 aliphatic rings. The maximum absolute atomic E-state index is 4.48. The Bertz CT molecular complexity index is 516. The van der Waals surface area contributed by atoms with Crippen LogP contribution in [-0.2, 0) is 19.9 Å². The van der Waals surface area contributed by atoms with Gasteiger partial charge in [0.25, 0.3) is 0 Å². The molecule has 19 heavy (non-hydrogen) atoms. The van der Waals surface area contributed by atoms with E-state index in [1.54, 1.807) is 0 Å². The Labute approximate surface area is 115 Å². The van der Waals surface area contributed by atoms with E-state index in [1.165, 1.54) is 16.8 Å². The largest absolute Gasteiger partial charge is 0.319 e. The lowest BCUT2D eigenvalue weighted by Gasteiger charge is -2.15. The first kappa shape index (κ1) is 13.8. The SMILES string of the molecule is CNCC(Cc1cccc(C)c1)Cc1ccn(C)n1. The predicted octanol–water partition coefficient (Wildman–Crippen LogP) is 2.35. The third kappa shape index (κ3) is 4.21. The Balaban J connectivity index is 2.03. The molecule has 2 rings (SSSR count). The van der Waals surface area contributed by atoms with Crippen molar-refractivity contribution in [2.75, 3.05) is 13.6 Å². The molecule has 1 N–H and O–H groups in total. The van der Waals surface area contributed by atoms with Gasteiger partial charge in [-0.15, -0.1) is 0 Å². The molecule has 102 valence electrons. The van der Waals surface area contributed by atoms with E-state index in [0.717, 1.165) is 19.4 Å². The molecule has 0 radical (unpaired) electrons. The average Bonchev–Trinajstić information content (AvgIpc) is 2.75. The first-order chi connectivity index (χ1) is 9.17. The number of aryl methyl sites for hydroxylation is 2. The Morgan fingerprint density at radius 3 is 2.74 bits per heavy atom. The van der Waals surface area contributed by atoms with Crippen molar-refractivity contribution in [3.05, 3.63) is 53.3 Å². The quantitative estimate of drug-likeness (QED) is 0.861. The van der Waals surface area contributed by atoms with E-state index < -0.39 is 0 Å². The fraction of sp³-hybridized carbons (Fsp3) is 0.438. The Morgan fingerprint density at radius 1 is 1.26 bits per heavy atom. The van der Waals surface area contributed by atoms with Gasteiger partial charge in [0.1, 0.15) is 0 Å². The van der Waals surface area contributed by atoms with Crippen LogP contribution in [0.2, 0.25) is 0 Å². The first-order valence-electron chi connectivity index (χ1n) is 6.86.